The van der Waals surface area contributed by atoms with Crippen molar-refractivity contribution < 1.29 is 9.53 Å². The molecule has 1 aromatic heterocycles. The fourth-order valence-corrected chi connectivity index (χ4v) is 3.11. The number of ether oxygens (including phenoxy) is 1. The van der Waals surface area contributed by atoms with Crippen LogP contribution in [0.1, 0.15) is 49.7 Å². The maximum atomic E-state index is 11.9. The molecule has 0 aliphatic rings. The second kappa shape index (κ2) is 7.90. The molecule has 1 aromatic carbocycles. The van der Waals surface area contributed by atoms with E-state index in [4.69, 9.17) is 4.74 Å². The first-order valence-electron chi connectivity index (χ1n) is 7.49. The molecule has 22 heavy (non-hydrogen) atoms. The van der Waals surface area contributed by atoms with Crippen LogP contribution >= 0.6 is 11.3 Å². The van der Waals surface area contributed by atoms with Crippen LogP contribution in [0.4, 0.5) is 0 Å². The summed E-state index contributed by atoms with van der Waals surface area (Å²) < 4.78 is 5.28. The molecule has 0 saturated heterocycles. The molecule has 0 spiro atoms. The van der Waals surface area contributed by atoms with Gasteiger partial charge in [-0.1, -0.05) is 45.0 Å². The van der Waals surface area contributed by atoms with Gasteiger partial charge in [0.25, 0.3) is 0 Å². The first-order chi connectivity index (χ1) is 10.6. The first kappa shape index (κ1) is 16.4. The summed E-state index contributed by atoms with van der Waals surface area (Å²) in [6, 6.07) is 9.06. The van der Waals surface area contributed by atoms with Gasteiger partial charge in [-0.25, -0.2) is 4.98 Å². The summed E-state index contributed by atoms with van der Waals surface area (Å²) in [5.74, 6) is 0.691. The van der Waals surface area contributed by atoms with Crippen LogP contribution in [-0.4, -0.2) is 11.0 Å². The molecule has 3 nitrogen and oxygen atoms in total. The zero-order chi connectivity index (χ0) is 15.9. The van der Waals surface area contributed by atoms with Gasteiger partial charge in [0.2, 0.25) is 0 Å². The van der Waals surface area contributed by atoms with Gasteiger partial charge in [-0.05, 0) is 24.1 Å². The third-order valence-electron chi connectivity index (χ3n) is 3.36. The van der Waals surface area contributed by atoms with Crippen molar-refractivity contribution in [1.29, 1.82) is 0 Å². The number of aromatic nitrogens is 1. The lowest BCUT2D eigenvalue weighted by atomic mass is 10.1. The number of para-hydroxylation sites is 1. The van der Waals surface area contributed by atoms with Gasteiger partial charge in [-0.3, -0.25) is 4.79 Å². The number of benzene rings is 1. The van der Waals surface area contributed by atoms with Crippen LogP contribution < -0.4 is 4.74 Å². The van der Waals surface area contributed by atoms with Gasteiger partial charge in [0.15, 0.2) is 0 Å². The number of hydrogen-bond acceptors (Lipinski definition) is 4. The molecule has 2 rings (SSSR count). The number of esters is 1. The lowest BCUT2D eigenvalue weighted by molar-refractivity contribution is -0.133. The van der Waals surface area contributed by atoms with E-state index in [9.17, 15) is 4.79 Å². The lowest BCUT2D eigenvalue weighted by Gasteiger charge is -2.06. The van der Waals surface area contributed by atoms with Crippen LogP contribution in [0.5, 0.6) is 5.75 Å². The number of rotatable bonds is 7. The number of carbonyl (C=O) groups is 1. The molecule has 0 N–H and O–H groups in total. The minimum Gasteiger partial charge on any atom is -0.426 e. The minimum atomic E-state index is -0.313. The molecule has 0 saturated carbocycles. The Morgan fingerprint density at radius 1 is 1.36 bits per heavy atom. The molecule has 0 aliphatic carbocycles. The maximum Gasteiger partial charge on any atom is 0.315 e. The average molecular weight is 315 g/mol. The van der Waals surface area contributed by atoms with E-state index in [2.05, 4.69) is 25.4 Å². The van der Waals surface area contributed by atoms with E-state index in [1.165, 1.54) is 0 Å². The van der Waals surface area contributed by atoms with Crippen molar-refractivity contribution in [3.63, 3.8) is 0 Å². The highest BCUT2D eigenvalue weighted by Crippen LogP contribution is 2.27. The van der Waals surface area contributed by atoms with Crippen LogP contribution in [0.25, 0.3) is 5.57 Å². The van der Waals surface area contributed by atoms with Gasteiger partial charge in [-0.15, -0.1) is 11.3 Å². The quantitative estimate of drug-likeness (QED) is 0.530. The van der Waals surface area contributed by atoms with E-state index in [1.54, 1.807) is 23.5 Å². The first-order valence-corrected chi connectivity index (χ1v) is 8.37. The molecule has 0 fully saturated rings. The summed E-state index contributed by atoms with van der Waals surface area (Å²) in [6.07, 6.45) is 2.41. The Kier molecular flexibility index (Phi) is 5.90. The second-order valence-electron chi connectivity index (χ2n) is 5.33. The topological polar surface area (TPSA) is 39.2 Å². The zero-order valence-corrected chi connectivity index (χ0v) is 13.9. The van der Waals surface area contributed by atoms with Gasteiger partial charge in [-0.2, -0.15) is 0 Å². The van der Waals surface area contributed by atoms with E-state index in [-0.39, 0.29) is 12.4 Å². The van der Waals surface area contributed by atoms with Gasteiger partial charge in [0.05, 0.1) is 17.1 Å². The Morgan fingerprint density at radius 3 is 2.77 bits per heavy atom. The molecule has 1 atom stereocenters. The molecule has 0 radical (unpaired) electrons. The smallest absolute Gasteiger partial charge is 0.315 e. The molecule has 0 amide bonds. The number of thiazole rings is 1. The van der Waals surface area contributed by atoms with Crippen LogP contribution in [0.3, 0.4) is 0 Å². The van der Waals surface area contributed by atoms with Crippen LogP contribution in [0.15, 0.2) is 42.3 Å². The highest BCUT2D eigenvalue weighted by molar-refractivity contribution is 7.09. The molecule has 2 aromatic rings. The Labute approximate surface area is 135 Å². The fraction of sp³-hybridized carbons (Fsp3) is 0.333. The Hall–Kier alpha value is -1.94. The average Bonchev–Trinajstić information content (AvgIpc) is 2.98. The van der Waals surface area contributed by atoms with Gasteiger partial charge in [0.1, 0.15) is 5.75 Å². The van der Waals surface area contributed by atoms with Crippen LogP contribution in [0, 0.1) is 0 Å². The molecule has 1 heterocycles. The normalized spacial score (nSPS) is 11.9. The third-order valence-corrected chi connectivity index (χ3v) is 4.44. The van der Waals surface area contributed by atoms with Gasteiger partial charge in [0, 0.05) is 11.3 Å². The molecular formula is C18H21NO2S. The van der Waals surface area contributed by atoms with Crippen molar-refractivity contribution >= 4 is 22.9 Å². The van der Waals surface area contributed by atoms with Gasteiger partial charge >= 0.3 is 5.97 Å². The number of hydrogen-bond donors (Lipinski definition) is 0. The number of carbonyl (C=O) groups excluding carboxylic acids is 1. The summed E-state index contributed by atoms with van der Waals surface area (Å²) in [7, 11) is 0. The van der Waals surface area contributed by atoms with Crippen molar-refractivity contribution in [1.82, 2.24) is 4.98 Å². The van der Waals surface area contributed by atoms with Gasteiger partial charge < -0.3 is 4.74 Å². The molecule has 1 unspecified atom stereocenters. The van der Waals surface area contributed by atoms with E-state index < -0.39 is 0 Å². The predicted octanol–water partition coefficient (Wildman–Crippen LogP) is 5.06. The summed E-state index contributed by atoms with van der Waals surface area (Å²) in [5, 5.41) is 3.08. The molecule has 116 valence electrons. The standard InChI is InChI=1S/C18H21NO2S/c1-4-8-13(2)18-19-16(12-22-18)14(3)11-17(20)21-15-9-6-5-7-10-15/h5-7,9-10,12-13H,3-4,8,11H2,1-2H3. The Morgan fingerprint density at radius 2 is 2.09 bits per heavy atom. The van der Waals surface area contributed by atoms with E-state index in [0.29, 0.717) is 17.2 Å². The number of nitrogens with zero attached hydrogens (tertiary/aromatic N) is 1. The maximum absolute atomic E-state index is 11.9. The van der Waals surface area contributed by atoms with Crippen molar-refractivity contribution in [2.24, 2.45) is 0 Å². The third kappa shape index (κ3) is 4.53. The largest absolute Gasteiger partial charge is 0.426 e. The van der Waals surface area contributed by atoms with Crippen molar-refractivity contribution in [3.05, 3.63) is 53.0 Å². The Bertz CT molecular complexity index is 634. The molecule has 0 aliphatic heterocycles. The highest BCUT2D eigenvalue weighted by atomic mass is 32.1. The SMILES string of the molecule is C=C(CC(=O)Oc1ccccc1)c1csc(C(C)CCC)n1. The van der Waals surface area contributed by atoms with Crippen LogP contribution in [-0.2, 0) is 4.79 Å². The van der Waals surface area contributed by atoms with Crippen molar-refractivity contribution in [2.75, 3.05) is 0 Å². The van der Waals surface area contributed by atoms with Crippen molar-refractivity contribution in [3.8, 4) is 5.75 Å². The molecular weight excluding hydrogens is 294 g/mol. The van der Waals surface area contributed by atoms with E-state index in [1.807, 2.05) is 23.6 Å². The summed E-state index contributed by atoms with van der Waals surface area (Å²) in [5.41, 5.74) is 1.50. The van der Waals surface area contributed by atoms with E-state index in [0.717, 1.165) is 23.5 Å². The lowest BCUT2D eigenvalue weighted by Crippen LogP contribution is -2.08. The predicted molar refractivity (Wildman–Crippen MR) is 91.2 cm³/mol. The Balaban J connectivity index is 1.93. The summed E-state index contributed by atoms with van der Waals surface area (Å²) in [4.78, 5) is 16.5. The van der Waals surface area contributed by atoms with Crippen molar-refractivity contribution in [2.45, 2.75) is 39.0 Å². The monoisotopic (exact) mass is 315 g/mol. The summed E-state index contributed by atoms with van der Waals surface area (Å²) in [6.45, 7) is 8.32. The highest BCUT2D eigenvalue weighted by Gasteiger charge is 2.14. The molecule has 4 heteroatoms. The van der Waals surface area contributed by atoms with Crippen LogP contribution in [0.2, 0.25) is 0 Å². The molecule has 0 bridgehead atoms. The minimum absolute atomic E-state index is 0.153. The second-order valence-corrected chi connectivity index (χ2v) is 6.22. The van der Waals surface area contributed by atoms with E-state index >= 15 is 0 Å². The fourth-order valence-electron chi connectivity index (χ4n) is 2.15. The zero-order valence-electron chi connectivity index (χ0n) is 13.0. The summed E-state index contributed by atoms with van der Waals surface area (Å²) >= 11 is 1.63.